The van der Waals surface area contributed by atoms with Gasteiger partial charge in [0.15, 0.2) is 0 Å². The van der Waals surface area contributed by atoms with Gasteiger partial charge >= 0.3 is 0 Å². The van der Waals surface area contributed by atoms with Crippen molar-refractivity contribution in [3.8, 4) is 0 Å². The van der Waals surface area contributed by atoms with Crippen molar-refractivity contribution in [1.82, 2.24) is 5.32 Å². The zero-order valence-electron chi connectivity index (χ0n) is 10.1. The van der Waals surface area contributed by atoms with Gasteiger partial charge in [-0.25, -0.2) is 0 Å². The van der Waals surface area contributed by atoms with E-state index >= 15 is 0 Å². The maximum atomic E-state index is 10.9. The van der Waals surface area contributed by atoms with Crippen LogP contribution >= 0.6 is 11.3 Å². The SMILES string of the molecule is NC(=O)c1csc(CNCC2(O)CCOCC2)c1. The molecule has 1 aromatic heterocycles. The average molecular weight is 270 g/mol. The number of carbonyl (C=O) groups excluding carboxylic acids is 1. The highest BCUT2D eigenvalue weighted by molar-refractivity contribution is 7.10. The predicted molar refractivity (Wildman–Crippen MR) is 69.5 cm³/mol. The van der Waals surface area contributed by atoms with E-state index in [0.717, 1.165) is 4.88 Å². The van der Waals surface area contributed by atoms with Crippen molar-refractivity contribution >= 4 is 17.2 Å². The molecule has 0 unspecified atom stereocenters. The number of hydrogen-bond donors (Lipinski definition) is 3. The van der Waals surface area contributed by atoms with Crippen LogP contribution in [0.5, 0.6) is 0 Å². The van der Waals surface area contributed by atoms with Gasteiger partial charge in [0.05, 0.1) is 11.2 Å². The third kappa shape index (κ3) is 3.52. The molecule has 18 heavy (non-hydrogen) atoms. The summed E-state index contributed by atoms with van der Waals surface area (Å²) in [5.41, 5.74) is 5.07. The van der Waals surface area contributed by atoms with Gasteiger partial charge in [-0.2, -0.15) is 0 Å². The van der Waals surface area contributed by atoms with Crippen molar-refractivity contribution < 1.29 is 14.6 Å². The normalized spacial score (nSPS) is 18.7. The Balaban J connectivity index is 1.78. The van der Waals surface area contributed by atoms with Crippen LogP contribution in [0.4, 0.5) is 0 Å². The highest BCUT2D eigenvalue weighted by Gasteiger charge is 2.29. The van der Waals surface area contributed by atoms with Crippen LogP contribution in [0.2, 0.25) is 0 Å². The molecule has 1 aliphatic heterocycles. The van der Waals surface area contributed by atoms with Crippen molar-refractivity contribution in [1.29, 1.82) is 0 Å². The molecule has 1 amide bonds. The first-order chi connectivity index (χ1) is 8.59. The fourth-order valence-electron chi connectivity index (χ4n) is 1.95. The Kier molecular flexibility index (Phi) is 4.34. The van der Waals surface area contributed by atoms with Crippen molar-refractivity contribution in [2.24, 2.45) is 5.73 Å². The van der Waals surface area contributed by atoms with E-state index < -0.39 is 11.5 Å². The second-order valence-electron chi connectivity index (χ2n) is 4.61. The summed E-state index contributed by atoms with van der Waals surface area (Å²) in [6.07, 6.45) is 1.33. The maximum absolute atomic E-state index is 10.9. The van der Waals surface area contributed by atoms with Gasteiger partial charge in [-0.3, -0.25) is 4.79 Å². The summed E-state index contributed by atoms with van der Waals surface area (Å²) in [6, 6.07) is 1.79. The molecule has 2 rings (SSSR count). The summed E-state index contributed by atoms with van der Waals surface area (Å²) < 4.78 is 5.22. The van der Waals surface area contributed by atoms with Gasteiger partial charge in [-0.05, 0) is 6.07 Å². The van der Waals surface area contributed by atoms with Gasteiger partial charge in [0.1, 0.15) is 0 Å². The van der Waals surface area contributed by atoms with Crippen molar-refractivity contribution in [2.75, 3.05) is 19.8 Å². The molecular formula is C12H18N2O3S. The predicted octanol–water partition coefficient (Wildman–Crippen LogP) is 0.478. The van der Waals surface area contributed by atoms with Gasteiger partial charge in [0, 0.05) is 49.4 Å². The van der Waals surface area contributed by atoms with E-state index in [-0.39, 0.29) is 0 Å². The molecule has 0 aromatic carbocycles. The number of carbonyl (C=O) groups is 1. The van der Waals surface area contributed by atoms with Crippen LogP contribution in [0.1, 0.15) is 28.1 Å². The van der Waals surface area contributed by atoms with E-state index in [1.807, 2.05) is 0 Å². The summed E-state index contributed by atoms with van der Waals surface area (Å²) in [7, 11) is 0. The van der Waals surface area contributed by atoms with Crippen molar-refractivity contribution in [3.63, 3.8) is 0 Å². The lowest BCUT2D eigenvalue weighted by molar-refractivity contribution is -0.0616. The lowest BCUT2D eigenvalue weighted by Gasteiger charge is -2.32. The van der Waals surface area contributed by atoms with Crippen LogP contribution in [0.25, 0.3) is 0 Å². The molecule has 1 aromatic rings. The first kappa shape index (κ1) is 13.5. The summed E-state index contributed by atoms with van der Waals surface area (Å²) in [5.74, 6) is -0.402. The molecule has 1 fully saturated rings. The molecule has 0 radical (unpaired) electrons. The largest absolute Gasteiger partial charge is 0.388 e. The lowest BCUT2D eigenvalue weighted by Crippen LogP contribution is -2.44. The molecule has 4 N–H and O–H groups in total. The lowest BCUT2D eigenvalue weighted by atomic mass is 9.94. The number of ether oxygens (including phenoxy) is 1. The van der Waals surface area contributed by atoms with Crippen molar-refractivity contribution in [2.45, 2.75) is 25.0 Å². The number of nitrogens with one attached hydrogen (secondary N) is 1. The second kappa shape index (κ2) is 5.79. The van der Waals surface area contributed by atoms with Gasteiger partial charge in [-0.1, -0.05) is 0 Å². The number of aliphatic hydroxyl groups is 1. The van der Waals surface area contributed by atoms with Crippen LogP contribution in [0.3, 0.4) is 0 Å². The Labute approximate surface area is 110 Å². The fourth-order valence-corrected chi connectivity index (χ4v) is 2.79. The molecule has 100 valence electrons. The third-order valence-corrected chi connectivity index (χ3v) is 4.05. The number of amides is 1. The highest BCUT2D eigenvalue weighted by Crippen LogP contribution is 2.20. The molecule has 1 saturated heterocycles. The number of nitrogens with two attached hydrogens (primary N) is 1. The van der Waals surface area contributed by atoms with E-state index in [9.17, 15) is 9.90 Å². The monoisotopic (exact) mass is 270 g/mol. The Bertz CT molecular complexity index is 413. The number of primary amides is 1. The minimum Gasteiger partial charge on any atom is -0.388 e. The van der Waals surface area contributed by atoms with Crippen molar-refractivity contribution in [3.05, 3.63) is 21.9 Å². The van der Waals surface area contributed by atoms with E-state index in [1.54, 1.807) is 11.4 Å². The van der Waals surface area contributed by atoms with Crippen LogP contribution < -0.4 is 11.1 Å². The molecule has 0 spiro atoms. The number of rotatable bonds is 5. The van der Waals surface area contributed by atoms with Crippen LogP contribution in [0, 0.1) is 0 Å². The van der Waals surface area contributed by atoms with Gasteiger partial charge < -0.3 is 20.9 Å². The molecular weight excluding hydrogens is 252 g/mol. The first-order valence-corrected chi connectivity index (χ1v) is 6.85. The highest BCUT2D eigenvalue weighted by atomic mass is 32.1. The molecule has 0 aliphatic carbocycles. The standard InChI is InChI=1S/C12H18N2O3S/c13-11(15)9-5-10(18-7-9)6-14-8-12(16)1-3-17-4-2-12/h5,7,14,16H,1-4,6,8H2,(H2,13,15). The summed E-state index contributed by atoms with van der Waals surface area (Å²) in [4.78, 5) is 12.0. The smallest absolute Gasteiger partial charge is 0.249 e. The van der Waals surface area contributed by atoms with E-state index in [2.05, 4.69) is 5.32 Å². The number of thiophene rings is 1. The molecule has 0 bridgehead atoms. The second-order valence-corrected chi connectivity index (χ2v) is 5.60. The summed E-state index contributed by atoms with van der Waals surface area (Å²) >= 11 is 1.49. The Morgan fingerprint density at radius 1 is 1.56 bits per heavy atom. The van der Waals surface area contributed by atoms with Crippen LogP contribution in [0.15, 0.2) is 11.4 Å². The summed E-state index contributed by atoms with van der Waals surface area (Å²) in [5, 5.41) is 15.2. The molecule has 0 saturated carbocycles. The molecule has 5 nitrogen and oxygen atoms in total. The molecule has 2 heterocycles. The minimum absolute atomic E-state index is 0.402. The van der Waals surface area contributed by atoms with Crippen LogP contribution in [-0.4, -0.2) is 36.4 Å². The van der Waals surface area contributed by atoms with Gasteiger partial charge in [-0.15, -0.1) is 11.3 Å². The molecule has 6 heteroatoms. The Morgan fingerprint density at radius 3 is 2.89 bits per heavy atom. The fraction of sp³-hybridized carbons (Fsp3) is 0.583. The Morgan fingerprint density at radius 2 is 2.28 bits per heavy atom. The quantitative estimate of drug-likeness (QED) is 0.726. The van der Waals surface area contributed by atoms with Crippen LogP contribution in [-0.2, 0) is 11.3 Å². The zero-order chi connectivity index (χ0) is 13.0. The average Bonchev–Trinajstić information content (AvgIpc) is 2.78. The maximum Gasteiger partial charge on any atom is 0.249 e. The summed E-state index contributed by atoms with van der Waals surface area (Å²) in [6.45, 7) is 2.41. The molecule has 0 atom stereocenters. The number of hydrogen-bond acceptors (Lipinski definition) is 5. The topological polar surface area (TPSA) is 84.6 Å². The van der Waals surface area contributed by atoms with Gasteiger partial charge in [0.25, 0.3) is 0 Å². The van der Waals surface area contributed by atoms with E-state index in [4.69, 9.17) is 10.5 Å². The van der Waals surface area contributed by atoms with Gasteiger partial charge in [0.2, 0.25) is 5.91 Å². The molecule has 1 aliphatic rings. The Hall–Kier alpha value is -0.950. The third-order valence-electron chi connectivity index (χ3n) is 3.12. The van der Waals surface area contributed by atoms with E-state index in [0.29, 0.717) is 44.7 Å². The van der Waals surface area contributed by atoms with E-state index in [1.165, 1.54) is 11.3 Å². The first-order valence-electron chi connectivity index (χ1n) is 5.97. The zero-order valence-corrected chi connectivity index (χ0v) is 11.0. The minimum atomic E-state index is -0.665.